The molecule has 142 valence electrons. The molecule has 0 spiro atoms. The van der Waals surface area contributed by atoms with E-state index in [1.807, 2.05) is 54.6 Å². The van der Waals surface area contributed by atoms with Gasteiger partial charge in [0.05, 0.1) is 24.2 Å². The first-order valence-corrected chi connectivity index (χ1v) is 8.94. The fourth-order valence-electron chi connectivity index (χ4n) is 3.13. The minimum Gasteiger partial charge on any atom is -0.493 e. The van der Waals surface area contributed by atoms with Gasteiger partial charge in [-0.15, -0.1) is 0 Å². The van der Waals surface area contributed by atoms with Gasteiger partial charge >= 0.3 is 0 Å². The average Bonchev–Trinajstić information content (AvgIpc) is 3.28. The molecule has 2 aromatic carbocycles. The summed E-state index contributed by atoms with van der Waals surface area (Å²) in [5.74, 6) is 0.651. The molecule has 0 unspecified atom stereocenters. The Bertz CT molecular complexity index is 1140. The normalized spacial score (nSPS) is 14.0. The highest BCUT2D eigenvalue weighted by molar-refractivity contribution is 5.80. The molecule has 3 aromatic rings. The van der Waals surface area contributed by atoms with E-state index in [9.17, 15) is 5.11 Å². The lowest BCUT2D eigenvalue weighted by atomic mass is 10.1. The summed E-state index contributed by atoms with van der Waals surface area (Å²) in [7, 11) is 3.43. The molecule has 0 fully saturated rings. The lowest BCUT2D eigenvalue weighted by Gasteiger charge is -2.18. The molecule has 0 radical (unpaired) electrons. The monoisotopic (exact) mass is 375 g/mol. The molecule has 7 nitrogen and oxygen atoms in total. The molecule has 1 aromatic heterocycles. The highest BCUT2D eigenvalue weighted by atomic mass is 16.5. The number of nitrogens with one attached hydrogen (secondary N) is 1. The van der Waals surface area contributed by atoms with Crippen LogP contribution in [0.1, 0.15) is 22.9 Å². The van der Waals surface area contributed by atoms with Crippen LogP contribution in [0.4, 0.5) is 5.95 Å². The van der Waals surface area contributed by atoms with E-state index in [-0.39, 0.29) is 11.9 Å². The van der Waals surface area contributed by atoms with Gasteiger partial charge in [0.25, 0.3) is 0 Å². The van der Waals surface area contributed by atoms with E-state index in [1.54, 1.807) is 24.9 Å². The molecule has 4 rings (SSSR count). The number of aromatic nitrogens is 2. The van der Waals surface area contributed by atoms with Crippen molar-refractivity contribution >= 4 is 18.2 Å². The van der Waals surface area contributed by atoms with Crippen LogP contribution in [0.3, 0.4) is 0 Å². The Morgan fingerprint density at radius 3 is 2.82 bits per heavy atom. The first-order chi connectivity index (χ1) is 13.7. The predicted octanol–water partition coefficient (Wildman–Crippen LogP) is 1.72. The molecule has 1 aliphatic rings. The first-order valence-electron chi connectivity index (χ1n) is 8.94. The number of nitrogens with zero attached hydrogens (tertiary/aromatic N) is 4. The Kier molecular flexibility index (Phi) is 4.90. The number of aromatic hydroxyl groups is 1. The molecule has 2 heterocycles. The molecule has 0 aliphatic carbocycles. The standard InChI is InChI=1S/C21H21N5O2/c1-26-20(27)18(11-14-8-9-17-16(10-14)12-22-25-17)23-21(26)24-19(13-28-2)15-6-4-3-5-7-15/h3-12,19,27H,13H2,1-2H3,(H,23,24)/b14-11+/t19-/m0/s1. The van der Waals surface area contributed by atoms with Crippen LogP contribution in [-0.2, 0) is 11.8 Å². The molecular weight excluding hydrogens is 354 g/mol. The number of imidazole rings is 1. The number of hydrogen-bond acceptors (Lipinski definition) is 6. The van der Waals surface area contributed by atoms with Gasteiger partial charge in [0, 0.05) is 19.7 Å². The van der Waals surface area contributed by atoms with Crippen molar-refractivity contribution in [3.8, 4) is 5.88 Å². The van der Waals surface area contributed by atoms with Gasteiger partial charge in [0.2, 0.25) is 11.8 Å². The SMILES string of the molecule is COC[C@H](Nc1nc(/C=c2\ccc3c(c2)C=NN=3)c(O)n1C)c1ccccc1. The number of anilines is 1. The van der Waals surface area contributed by atoms with E-state index in [0.29, 0.717) is 18.2 Å². The summed E-state index contributed by atoms with van der Waals surface area (Å²) in [6.45, 7) is 0.477. The molecule has 7 heteroatoms. The number of rotatable bonds is 6. The fourth-order valence-corrected chi connectivity index (χ4v) is 3.13. The van der Waals surface area contributed by atoms with Gasteiger partial charge in [-0.3, -0.25) is 4.57 Å². The third-order valence-electron chi connectivity index (χ3n) is 4.65. The maximum atomic E-state index is 10.5. The summed E-state index contributed by atoms with van der Waals surface area (Å²) < 4.78 is 6.98. The highest BCUT2D eigenvalue weighted by Crippen LogP contribution is 2.25. The van der Waals surface area contributed by atoms with Gasteiger partial charge in [-0.2, -0.15) is 10.2 Å². The van der Waals surface area contributed by atoms with E-state index in [4.69, 9.17) is 4.74 Å². The molecule has 0 bridgehead atoms. The largest absolute Gasteiger partial charge is 0.493 e. The first kappa shape index (κ1) is 17.9. The molecule has 28 heavy (non-hydrogen) atoms. The zero-order valence-electron chi connectivity index (χ0n) is 15.7. The fraction of sp³-hybridized carbons (Fsp3) is 0.190. The van der Waals surface area contributed by atoms with Crippen molar-refractivity contribution < 1.29 is 9.84 Å². The van der Waals surface area contributed by atoms with Crippen molar-refractivity contribution in [1.29, 1.82) is 0 Å². The molecule has 0 amide bonds. The van der Waals surface area contributed by atoms with Gasteiger partial charge < -0.3 is 15.2 Å². The molecule has 0 saturated carbocycles. The summed E-state index contributed by atoms with van der Waals surface area (Å²) in [5.41, 5.74) is 2.52. The van der Waals surface area contributed by atoms with E-state index in [0.717, 1.165) is 21.7 Å². The van der Waals surface area contributed by atoms with E-state index in [1.165, 1.54) is 0 Å². The Balaban J connectivity index is 1.66. The van der Waals surface area contributed by atoms with Crippen LogP contribution in [-0.4, -0.2) is 34.6 Å². The maximum Gasteiger partial charge on any atom is 0.220 e. The van der Waals surface area contributed by atoms with Crippen LogP contribution in [0.2, 0.25) is 0 Å². The number of methoxy groups -OCH3 is 1. The van der Waals surface area contributed by atoms with Crippen molar-refractivity contribution in [3.63, 3.8) is 0 Å². The minimum atomic E-state index is -0.0858. The summed E-state index contributed by atoms with van der Waals surface area (Å²) in [6.07, 6.45) is 3.55. The van der Waals surface area contributed by atoms with Crippen LogP contribution >= 0.6 is 0 Å². The third kappa shape index (κ3) is 3.52. The van der Waals surface area contributed by atoms with Gasteiger partial charge in [-0.05, 0) is 29.0 Å². The summed E-state index contributed by atoms with van der Waals surface area (Å²) >= 11 is 0. The number of ether oxygens (including phenoxy) is 1. The molecule has 2 N–H and O–H groups in total. The lowest BCUT2D eigenvalue weighted by molar-refractivity contribution is 0.186. The van der Waals surface area contributed by atoms with Gasteiger partial charge in [0.15, 0.2) is 0 Å². The van der Waals surface area contributed by atoms with E-state index in [2.05, 4.69) is 20.5 Å². The number of hydrogen-bond donors (Lipinski definition) is 2. The Labute approximate surface area is 162 Å². The lowest BCUT2D eigenvalue weighted by Crippen LogP contribution is -2.18. The van der Waals surface area contributed by atoms with E-state index >= 15 is 0 Å². The molecular formula is C21H21N5O2. The Hall–Kier alpha value is -3.45. The highest BCUT2D eigenvalue weighted by Gasteiger charge is 2.17. The van der Waals surface area contributed by atoms with Gasteiger partial charge in [-0.1, -0.05) is 36.4 Å². The van der Waals surface area contributed by atoms with Crippen LogP contribution in [0.25, 0.3) is 6.08 Å². The zero-order chi connectivity index (χ0) is 19.5. The predicted molar refractivity (Wildman–Crippen MR) is 108 cm³/mol. The number of fused-ring (bicyclic) bond motifs is 1. The van der Waals surface area contributed by atoms with Crippen molar-refractivity contribution in [2.75, 3.05) is 19.0 Å². The molecule has 0 saturated heterocycles. The van der Waals surface area contributed by atoms with Crippen molar-refractivity contribution in [3.05, 3.63) is 75.9 Å². The van der Waals surface area contributed by atoms with Crippen LogP contribution in [0.15, 0.2) is 58.7 Å². The second-order valence-electron chi connectivity index (χ2n) is 6.57. The molecule has 1 aliphatic heterocycles. The van der Waals surface area contributed by atoms with Crippen LogP contribution < -0.4 is 15.9 Å². The maximum absolute atomic E-state index is 10.5. The second kappa shape index (κ2) is 7.66. The van der Waals surface area contributed by atoms with Crippen LogP contribution in [0, 0.1) is 0 Å². The Morgan fingerprint density at radius 2 is 2.04 bits per heavy atom. The molecule has 1 atom stereocenters. The minimum absolute atomic E-state index is 0.0858. The van der Waals surface area contributed by atoms with Crippen LogP contribution in [0.5, 0.6) is 5.88 Å². The van der Waals surface area contributed by atoms with Gasteiger partial charge in [-0.25, -0.2) is 4.98 Å². The second-order valence-corrected chi connectivity index (χ2v) is 6.57. The summed E-state index contributed by atoms with van der Waals surface area (Å²) in [4.78, 5) is 4.58. The Morgan fingerprint density at radius 1 is 1.21 bits per heavy atom. The van der Waals surface area contributed by atoms with Crippen molar-refractivity contribution in [1.82, 2.24) is 9.55 Å². The van der Waals surface area contributed by atoms with Crippen molar-refractivity contribution in [2.45, 2.75) is 6.04 Å². The summed E-state index contributed by atoms with van der Waals surface area (Å²) in [5, 5.41) is 23.6. The zero-order valence-corrected chi connectivity index (χ0v) is 15.7. The quantitative estimate of drug-likeness (QED) is 0.687. The smallest absolute Gasteiger partial charge is 0.220 e. The summed E-state index contributed by atoms with van der Waals surface area (Å²) in [6, 6.07) is 15.7. The topological polar surface area (TPSA) is 84.0 Å². The van der Waals surface area contributed by atoms with E-state index < -0.39 is 0 Å². The van der Waals surface area contributed by atoms with Crippen molar-refractivity contribution in [2.24, 2.45) is 17.3 Å². The number of benzene rings is 2. The third-order valence-corrected chi connectivity index (χ3v) is 4.65. The average molecular weight is 375 g/mol. The van der Waals surface area contributed by atoms with Gasteiger partial charge in [0.1, 0.15) is 5.69 Å².